The fraction of sp³-hybridized carbons (Fsp3) is 0. The van der Waals surface area contributed by atoms with Crippen LogP contribution in [0.2, 0.25) is 0 Å². The van der Waals surface area contributed by atoms with E-state index in [1.807, 2.05) is 0 Å². The maximum absolute atomic E-state index is 8.36. The Labute approximate surface area is 52.3 Å². The van der Waals surface area contributed by atoms with E-state index in [1.165, 1.54) is 0 Å². The minimum atomic E-state index is 0. The van der Waals surface area contributed by atoms with E-state index < -0.39 is 0 Å². The van der Waals surface area contributed by atoms with Crippen molar-refractivity contribution in [1.82, 2.24) is 0 Å². The molecular weight excluding hydrogens is 296 g/mol. The molecule has 27 valence electrons. The Bertz CT molecular complexity index is 6.00. The molecule has 4 heteroatoms. The first kappa shape index (κ1) is 18.7. The number of hydrogen-bond donors (Lipinski definition) is 0. The number of hydrogen-bond acceptors (Lipinski definition) is 1. The van der Waals surface area contributed by atoms with Crippen LogP contribution in [0, 0.1) is 0 Å². The third-order valence-corrected chi connectivity index (χ3v) is 0. The zero-order valence-electron chi connectivity index (χ0n) is 1.67. The van der Waals surface area contributed by atoms with Crippen molar-refractivity contribution in [2.75, 3.05) is 0 Å². The van der Waals surface area contributed by atoms with Crippen molar-refractivity contribution in [3.8, 4) is 0 Å². The Morgan fingerprint density at radius 2 is 1.00 bits per heavy atom. The van der Waals surface area contributed by atoms with Crippen LogP contribution in [0.15, 0.2) is 0 Å². The van der Waals surface area contributed by atoms with Gasteiger partial charge >= 0.3 is 27.5 Å². The van der Waals surface area contributed by atoms with Crippen molar-refractivity contribution in [1.29, 1.82) is 0 Å². The standard InChI is InChI=1S/Bi.2ClH.O/h;2*1H;. The Morgan fingerprint density at radius 1 is 1.00 bits per heavy atom. The molecule has 0 aromatic carbocycles. The molecule has 0 unspecified atom stereocenters. The van der Waals surface area contributed by atoms with Gasteiger partial charge in [0.25, 0.3) is 0 Å². The second kappa shape index (κ2) is 28.5. The monoisotopic (exact) mass is 297 g/mol. The molecule has 0 aliphatic carbocycles. The molecule has 1 radical (unpaired) electrons. The number of rotatable bonds is 0. The van der Waals surface area contributed by atoms with Crippen molar-refractivity contribution in [2.45, 2.75) is 0 Å². The summed E-state index contributed by atoms with van der Waals surface area (Å²) in [5, 5.41) is 0. The van der Waals surface area contributed by atoms with Crippen molar-refractivity contribution < 1.29 is 2.81 Å². The van der Waals surface area contributed by atoms with E-state index in [0.29, 0.717) is 0 Å². The summed E-state index contributed by atoms with van der Waals surface area (Å²) in [6.07, 6.45) is 0. The van der Waals surface area contributed by atoms with Gasteiger partial charge in [-0.25, -0.2) is 0 Å². The molecule has 0 saturated carbocycles. The van der Waals surface area contributed by atoms with Gasteiger partial charge in [0.05, 0.1) is 0 Å². The second-order valence-electron chi connectivity index (χ2n) is 0. The van der Waals surface area contributed by atoms with E-state index in [0.717, 1.165) is 0 Å². The van der Waals surface area contributed by atoms with E-state index in [1.54, 1.807) is 0 Å². The molecule has 0 aliphatic rings. The van der Waals surface area contributed by atoms with Gasteiger partial charge in [0.15, 0.2) is 0 Å². The summed E-state index contributed by atoms with van der Waals surface area (Å²) in [7, 11) is 0. The first-order chi connectivity index (χ1) is 1.00. The third kappa shape index (κ3) is 10.5. The Balaban J connectivity index is -0.00000000500. The van der Waals surface area contributed by atoms with Gasteiger partial charge in [0, 0.05) is 0 Å². The zero-order chi connectivity index (χ0) is 2.00. The van der Waals surface area contributed by atoms with E-state index in [9.17, 15) is 0 Å². The van der Waals surface area contributed by atoms with Crippen molar-refractivity contribution in [3.63, 3.8) is 0 Å². The topological polar surface area (TPSA) is 17.1 Å². The van der Waals surface area contributed by atoms with E-state index in [4.69, 9.17) is 2.81 Å². The summed E-state index contributed by atoms with van der Waals surface area (Å²) in [5.41, 5.74) is 0. The normalized spacial score (nSPS) is 1.00. The SMILES string of the molecule is Cl.Cl.[O]=[Bi]. The average Bonchev–Trinajstić information content (AvgIpc) is 1.00. The first-order valence-corrected chi connectivity index (χ1v) is 1.60. The fourth-order valence-electron chi connectivity index (χ4n) is 0. The van der Waals surface area contributed by atoms with Gasteiger partial charge in [0.1, 0.15) is 0 Å². The van der Waals surface area contributed by atoms with Crippen molar-refractivity contribution in [3.05, 3.63) is 0 Å². The van der Waals surface area contributed by atoms with Gasteiger partial charge in [-0.3, -0.25) is 0 Å². The van der Waals surface area contributed by atoms with Gasteiger partial charge in [-0.1, -0.05) is 0 Å². The summed E-state index contributed by atoms with van der Waals surface area (Å²) >= 11 is 0.194. The van der Waals surface area contributed by atoms with Gasteiger partial charge in [0.2, 0.25) is 0 Å². The summed E-state index contributed by atoms with van der Waals surface area (Å²) in [6.45, 7) is 0. The van der Waals surface area contributed by atoms with Gasteiger partial charge in [-0.05, 0) is 0 Å². The average molecular weight is 298 g/mol. The van der Waals surface area contributed by atoms with E-state index >= 15 is 0 Å². The summed E-state index contributed by atoms with van der Waals surface area (Å²) in [5.74, 6) is 0. The molecule has 0 spiro atoms. The van der Waals surface area contributed by atoms with Crippen LogP contribution in [0.3, 0.4) is 0 Å². The van der Waals surface area contributed by atoms with Crippen LogP contribution in [0.1, 0.15) is 0 Å². The van der Waals surface area contributed by atoms with Crippen LogP contribution in [0.4, 0.5) is 0 Å². The van der Waals surface area contributed by atoms with Crippen molar-refractivity contribution >= 4 is 49.5 Å². The summed E-state index contributed by atoms with van der Waals surface area (Å²) < 4.78 is 8.36. The molecule has 0 fully saturated rings. The molecule has 0 atom stereocenters. The fourth-order valence-corrected chi connectivity index (χ4v) is 0. The second-order valence-corrected chi connectivity index (χ2v) is 0. The number of halogens is 2. The first-order valence-electron chi connectivity index (χ1n) is 0.183. The van der Waals surface area contributed by atoms with E-state index in [-0.39, 0.29) is 49.5 Å². The van der Waals surface area contributed by atoms with Gasteiger partial charge < -0.3 is 0 Å². The van der Waals surface area contributed by atoms with Crippen LogP contribution >= 0.6 is 24.8 Å². The molecule has 0 saturated heterocycles. The Hall–Kier alpha value is 1.26. The molecule has 0 rings (SSSR count). The molecule has 0 aromatic heterocycles. The minimum absolute atomic E-state index is 0. The molecule has 1 nitrogen and oxygen atoms in total. The van der Waals surface area contributed by atoms with E-state index in [2.05, 4.69) is 0 Å². The summed E-state index contributed by atoms with van der Waals surface area (Å²) in [4.78, 5) is 0. The summed E-state index contributed by atoms with van der Waals surface area (Å²) in [6, 6.07) is 0. The molecule has 0 aromatic rings. The zero-order valence-corrected chi connectivity index (χ0v) is 6.78. The van der Waals surface area contributed by atoms with Crippen LogP contribution < -0.4 is 0 Å². The predicted molar refractivity (Wildman–Crippen MR) is 20.9 cm³/mol. The maximum atomic E-state index is 8.36. The van der Waals surface area contributed by atoms with Crippen LogP contribution in [-0.4, -0.2) is 24.7 Å². The molecule has 4 heavy (non-hydrogen) atoms. The molecule has 0 heterocycles. The van der Waals surface area contributed by atoms with Crippen molar-refractivity contribution in [2.24, 2.45) is 0 Å². The quantitative estimate of drug-likeness (QED) is 0.590. The van der Waals surface area contributed by atoms with Crippen LogP contribution in [0.5, 0.6) is 0 Å². The molecule has 0 N–H and O–H groups in total. The van der Waals surface area contributed by atoms with Crippen LogP contribution in [-0.2, 0) is 2.81 Å². The van der Waals surface area contributed by atoms with Gasteiger partial charge in [-0.15, -0.1) is 24.8 Å². The Morgan fingerprint density at radius 3 is 1.00 bits per heavy atom. The molecular formula is H2BiCl2O. The Kier molecular flexibility index (Phi) is 133. The molecule has 0 amide bonds. The van der Waals surface area contributed by atoms with Gasteiger partial charge in [-0.2, -0.15) is 0 Å². The molecule has 0 aliphatic heterocycles. The molecule has 0 bridgehead atoms. The predicted octanol–water partition coefficient (Wildman–Crippen LogP) is 0.344. The van der Waals surface area contributed by atoms with Crippen LogP contribution in [0.25, 0.3) is 0 Å². The third-order valence-electron chi connectivity index (χ3n) is 0.